The summed E-state index contributed by atoms with van der Waals surface area (Å²) in [7, 11) is 5.35. The Morgan fingerprint density at radius 3 is 2.47 bits per heavy atom. The average molecular weight is 265 g/mol. The van der Waals surface area contributed by atoms with Crippen molar-refractivity contribution in [2.75, 3.05) is 34.4 Å². The fourth-order valence-electron chi connectivity index (χ4n) is 2.74. The monoisotopic (exact) mass is 265 g/mol. The van der Waals surface area contributed by atoms with Crippen molar-refractivity contribution in [3.8, 4) is 11.5 Å². The fourth-order valence-corrected chi connectivity index (χ4v) is 2.74. The molecule has 19 heavy (non-hydrogen) atoms. The van der Waals surface area contributed by atoms with E-state index in [0.717, 1.165) is 31.5 Å². The highest BCUT2D eigenvalue weighted by atomic mass is 16.5. The van der Waals surface area contributed by atoms with Crippen LogP contribution in [0.4, 0.5) is 0 Å². The highest BCUT2D eigenvalue weighted by Gasteiger charge is 2.27. The third-order valence-corrected chi connectivity index (χ3v) is 3.96. The summed E-state index contributed by atoms with van der Waals surface area (Å²) in [5.74, 6) is 1.61. The first-order valence-corrected chi connectivity index (χ1v) is 6.75. The molecule has 1 aliphatic rings. The standard InChI is InChI=1S/C15H23NO3/c1-16-9-7-11(8-10-16)14(17)12-5-4-6-13(18-2)15(12)19-3/h4-6,11,14,17H,7-10H2,1-3H3/t14-/m1/s1. The molecular weight excluding hydrogens is 242 g/mol. The Kier molecular flexibility index (Phi) is 4.66. The van der Waals surface area contributed by atoms with Gasteiger partial charge in [-0.2, -0.15) is 0 Å². The van der Waals surface area contributed by atoms with Gasteiger partial charge in [0.2, 0.25) is 0 Å². The minimum Gasteiger partial charge on any atom is -0.493 e. The van der Waals surface area contributed by atoms with E-state index in [4.69, 9.17) is 9.47 Å². The van der Waals surface area contributed by atoms with Crippen LogP contribution in [0.5, 0.6) is 11.5 Å². The van der Waals surface area contributed by atoms with Crippen LogP contribution >= 0.6 is 0 Å². The van der Waals surface area contributed by atoms with E-state index in [-0.39, 0.29) is 5.92 Å². The topological polar surface area (TPSA) is 41.9 Å². The lowest BCUT2D eigenvalue weighted by atomic mass is 9.87. The van der Waals surface area contributed by atoms with Gasteiger partial charge in [-0.1, -0.05) is 12.1 Å². The molecule has 1 N–H and O–H groups in total. The Balaban J connectivity index is 2.21. The number of methoxy groups -OCH3 is 2. The van der Waals surface area contributed by atoms with Crippen LogP contribution in [0.2, 0.25) is 0 Å². The number of para-hydroxylation sites is 1. The van der Waals surface area contributed by atoms with Crippen molar-refractivity contribution in [2.45, 2.75) is 18.9 Å². The molecule has 1 aliphatic heterocycles. The van der Waals surface area contributed by atoms with Crippen LogP contribution in [-0.4, -0.2) is 44.4 Å². The Hall–Kier alpha value is -1.26. The highest BCUT2D eigenvalue weighted by Crippen LogP contribution is 2.39. The van der Waals surface area contributed by atoms with E-state index in [1.807, 2.05) is 18.2 Å². The summed E-state index contributed by atoms with van der Waals surface area (Å²) in [5, 5.41) is 10.6. The van der Waals surface area contributed by atoms with Gasteiger partial charge < -0.3 is 19.5 Å². The van der Waals surface area contributed by atoms with Crippen molar-refractivity contribution < 1.29 is 14.6 Å². The quantitative estimate of drug-likeness (QED) is 0.905. The second-order valence-corrected chi connectivity index (χ2v) is 5.17. The van der Waals surface area contributed by atoms with Gasteiger partial charge in [0.05, 0.1) is 20.3 Å². The number of rotatable bonds is 4. The van der Waals surface area contributed by atoms with Crippen molar-refractivity contribution in [1.29, 1.82) is 0 Å². The van der Waals surface area contributed by atoms with E-state index in [9.17, 15) is 5.11 Å². The molecule has 0 amide bonds. The minimum atomic E-state index is -0.487. The van der Waals surface area contributed by atoms with Gasteiger partial charge >= 0.3 is 0 Å². The van der Waals surface area contributed by atoms with Crippen LogP contribution in [0.3, 0.4) is 0 Å². The number of ether oxygens (including phenoxy) is 2. The summed E-state index contributed by atoms with van der Waals surface area (Å²) in [4.78, 5) is 2.30. The van der Waals surface area contributed by atoms with Crippen LogP contribution in [0, 0.1) is 5.92 Å². The number of likely N-dealkylation sites (tertiary alicyclic amines) is 1. The molecule has 0 aliphatic carbocycles. The molecule has 4 heteroatoms. The Morgan fingerprint density at radius 1 is 1.21 bits per heavy atom. The van der Waals surface area contributed by atoms with Crippen LogP contribution < -0.4 is 9.47 Å². The van der Waals surface area contributed by atoms with E-state index in [0.29, 0.717) is 11.5 Å². The lowest BCUT2D eigenvalue weighted by molar-refractivity contribution is 0.0636. The average Bonchev–Trinajstić information content (AvgIpc) is 2.46. The summed E-state index contributed by atoms with van der Waals surface area (Å²) < 4.78 is 10.7. The molecule has 0 unspecified atom stereocenters. The maximum Gasteiger partial charge on any atom is 0.166 e. The van der Waals surface area contributed by atoms with Crippen molar-refractivity contribution in [1.82, 2.24) is 4.90 Å². The van der Waals surface area contributed by atoms with Gasteiger partial charge in [-0.15, -0.1) is 0 Å². The minimum absolute atomic E-state index is 0.289. The maximum atomic E-state index is 10.6. The van der Waals surface area contributed by atoms with Crippen molar-refractivity contribution in [3.05, 3.63) is 23.8 Å². The third-order valence-electron chi connectivity index (χ3n) is 3.96. The van der Waals surface area contributed by atoms with E-state index < -0.39 is 6.10 Å². The molecule has 1 aromatic rings. The van der Waals surface area contributed by atoms with Gasteiger partial charge in [0.1, 0.15) is 0 Å². The van der Waals surface area contributed by atoms with E-state index >= 15 is 0 Å². The molecule has 0 bridgehead atoms. The molecule has 0 aromatic heterocycles. The second-order valence-electron chi connectivity index (χ2n) is 5.17. The number of aliphatic hydroxyl groups excluding tert-OH is 1. The van der Waals surface area contributed by atoms with Crippen molar-refractivity contribution in [3.63, 3.8) is 0 Å². The number of nitrogens with zero attached hydrogens (tertiary/aromatic N) is 1. The maximum absolute atomic E-state index is 10.6. The molecule has 4 nitrogen and oxygen atoms in total. The van der Waals surface area contributed by atoms with E-state index in [1.165, 1.54) is 0 Å². The van der Waals surface area contributed by atoms with Gasteiger partial charge in [-0.05, 0) is 45.0 Å². The molecular formula is C15H23NO3. The van der Waals surface area contributed by atoms with Gasteiger partial charge in [-0.3, -0.25) is 0 Å². The smallest absolute Gasteiger partial charge is 0.166 e. The summed E-state index contributed by atoms with van der Waals surface area (Å²) in [5.41, 5.74) is 0.830. The summed E-state index contributed by atoms with van der Waals surface area (Å²) in [6.45, 7) is 2.07. The van der Waals surface area contributed by atoms with Gasteiger partial charge in [0.15, 0.2) is 11.5 Å². The SMILES string of the molecule is COc1cccc([C@H](O)C2CCN(C)CC2)c1OC. The van der Waals surface area contributed by atoms with Crippen LogP contribution in [0.15, 0.2) is 18.2 Å². The van der Waals surface area contributed by atoms with Crippen LogP contribution in [-0.2, 0) is 0 Å². The predicted octanol–water partition coefficient (Wildman–Crippen LogP) is 2.08. The zero-order valence-corrected chi connectivity index (χ0v) is 11.9. The number of hydrogen-bond donors (Lipinski definition) is 1. The first-order valence-electron chi connectivity index (χ1n) is 6.75. The molecule has 2 rings (SSSR count). The third kappa shape index (κ3) is 3.01. The number of hydrogen-bond acceptors (Lipinski definition) is 4. The molecule has 1 heterocycles. The first kappa shape index (κ1) is 14.2. The number of benzene rings is 1. The number of aliphatic hydroxyl groups is 1. The van der Waals surface area contributed by atoms with Gasteiger partial charge in [-0.25, -0.2) is 0 Å². The molecule has 0 radical (unpaired) electrons. The lowest BCUT2D eigenvalue weighted by Gasteiger charge is -2.32. The normalized spacial score (nSPS) is 19.2. The zero-order chi connectivity index (χ0) is 13.8. The molecule has 1 fully saturated rings. The van der Waals surface area contributed by atoms with Crippen molar-refractivity contribution >= 4 is 0 Å². The summed E-state index contributed by atoms with van der Waals surface area (Å²) >= 11 is 0. The molecule has 1 aromatic carbocycles. The molecule has 1 saturated heterocycles. The second kappa shape index (κ2) is 6.26. The van der Waals surface area contributed by atoms with Crippen molar-refractivity contribution in [2.24, 2.45) is 5.92 Å². The van der Waals surface area contributed by atoms with Crippen LogP contribution in [0.1, 0.15) is 24.5 Å². The number of piperidine rings is 1. The Labute approximate surface area is 114 Å². The first-order chi connectivity index (χ1) is 9.17. The highest BCUT2D eigenvalue weighted by molar-refractivity contribution is 5.47. The molecule has 1 atom stereocenters. The molecule has 106 valence electrons. The Morgan fingerprint density at radius 2 is 1.89 bits per heavy atom. The lowest BCUT2D eigenvalue weighted by Crippen LogP contribution is -2.32. The Bertz CT molecular complexity index is 414. The van der Waals surface area contributed by atoms with E-state index in [1.54, 1.807) is 14.2 Å². The fraction of sp³-hybridized carbons (Fsp3) is 0.600. The molecule has 0 saturated carbocycles. The largest absolute Gasteiger partial charge is 0.493 e. The molecule has 0 spiro atoms. The van der Waals surface area contributed by atoms with E-state index in [2.05, 4.69) is 11.9 Å². The predicted molar refractivity (Wildman–Crippen MR) is 74.7 cm³/mol. The zero-order valence-electron chi connectivity index (χ0n) is 11.9. The summed E-state index contributed by atoms with van der Waals surface area (Å²) in [6.07, 6.45) is 1.54. The van der Waals surface area contributed by atoms with Gasteiger partial charge in [0, 0.05) is 5.56 Å². The summed E-state index contributed by atoms with van der Waals surface area (Å²) in [6, 6.07) is 5.67. The van der Waals surface area contributed by atoms with Crippen LogP contribution in [0.25, 0.3) is 0 Å². The van der Waals surface area contributed by atoms with Gasteiger partial charge in [0.25, 0.3) is 0 Å².